The monoisotopic (exact) mass is 415 g/mol. The minimum absolute atomic E-state index is 0.0412. The fraction of sp³-hybridized carbons (Fsp3) is 0.400. The first-order valence-electron chi connectivity index (χ1n) is 9.51. The summed E-state index contributed by atoms with van der Waals surface area (Å²) in [6.07, 6.45) is 3.04. The van der Waals surface area contributed by atoms with E-state index in [-0.39, 0.29) is 23.4 Å². The average molecular weight is 415 g/mol. The molecule has 152 valence electrons. The van der Waals surface area contributed by atoms with Crippen molar-refractivity contribution in [2.24, 2.45) is 0 Å². The molecule has 7 nitrogen and oxygen atoms in total. The van der Waals surface area contributed by atoms with E-state index in [4.69, 9.17) is 4.98 Å². The van der Waals surface area contributed by atoms with Crippen LogP contribution in [0, 0.1) is 19.7 Å². The van der Waals surface area contributed by atoms with Crippen LogP contribution in [0.2, 0.25) is 0 Å². The van der Waals surface area contributed by atoms with E-state index in [0.29, 0.717) is 30.7 Å². The number of halogens is 1. The number of nitrogens with zero attached hydrogens (tertiary/aromatic N) is 5. The van der Waals surface area contributed by atoms with E-state index in [1.54, 1.807) is 12.1 Å². The second-order valence-electron chi connectivity index (χ2n) is 7.39. The standard InChI is InChI=1S/C20H22FN5O2S/c1-13-18(14(2)23-12-22-13)11-19-24-20(15-3-5-16(21)6-4-15)25-26(19)17-7-9-29(27,28)10-8-17/h3-6,12,17H,7-11H2,1-2H3. The molecule has 1 aromatic carbocycles. The highest BCUT2D eigenvalue weighted by Gasteiger charge is 2.28. The highest BCUT2D eigenvalue weighted by atomic mass is 32.2. The molecule has 29 heavy (non-hydrogen) atoms. The molecule has 3 heterocycles. The summed E-state index contributed by atoms with van der Waals surface area (Å²) in [5, 5.41) is 4.68. The summed E-state index contributed by atoms with van der Waals surface area (Å²) >= 11 is 0. The molecular weight excluding hydrogens is 393 g/mol. The number of hydrogen-bond acceptors (Lipinski definition) is 6. The molecule has 3 aromatic rings. The van der Waals surface area contributed by atoms with E-state index in [1.807, 2.05) is 18.5 Å². The molecular formula is C20H22FN5O2S. The fourth-order valence-corrected chi connectivity index (χ4v) is 5.11. The molecule has 1 fully saturated rings. The molecule has 9 heteroatoms. The maximum absolute atomic E-state index is 13.3. The molecule has 0 saturated carbocycles. The van der Waals surface area contributed by atoms with Gasteiger partial charge in [0.25, 0.3) is 0 Å². The van der Waals surface area contributed by atoms with Gasteiger partial charge in [-0.2, -0.15) is 5.10 Å². The van der Waals surface area contributed by atoms with Crippen molar-refractivity contribution in [3.05, 3.63) is 59.2 Å². The molecule has 0 bridgehead atoms. The van der Waals surface area contributed by atoms with Crippen LogP contribution in [0.4, 0.5) is 4.39 Å². The Labute approximate surface area is 169 Å². The van der Waals surface area contributed by atoms with E-state index < -0.39 is 9.84 Å². The number of aryl methyl sites for hydroxylation is 2. The maximum Gasteiger partial charge on any atom is 0.181 e. The average Bonchev–Trinajstić information content (AvgIpc) is 3.09. The third-order valence-electron chi connectivity index (χ3n) is 5.39. The first kappa shape index (κ1) is 19.6. The molecule has 2 aromatic heterocycles. The van der Waals surface area contributed by atoms with Crippen molar-refractivity contribution in [3.8, 4) is 11.4 Å². The van der Waals surface area contributed by atoms with Crippen LogP contribution in [0.1, 0.15) is 41.7 Å². The number of aromatic nitrogens is 5. The Balaban J connectivity index is 1.74. The number of sulfone groups is 1. The molecule has 0 spiro atoms. The third-order valence-corrected chi connectivity index (χ3v) is 7.10. The predicted molar refractivity (Wildman–Crippen MR) is 107 cm³/mol. The molecule has 0 amide bonds. The van der Waals surface area contributed by atoms with Gasteiger partial charge in [-0.3, -0.25) is 0 Å². The lowest BCUT2D eigenvalue weighted by Gasteiger charge is -2.23. The second-order valence-corrected chi connectivity index (χ2v) is 9.69. The van der Waals surface area contributed by atoms with Crippen LogP contribution >= 0.6 is 0 Å². The number of hydrogen-bond donors (Lipinski definition) is 0. The van der Waals surface area contributed by atoms with Crippen LogP contribution in [-0.4, -0.2) is 44.7 Å². The van der Waals surface area contributed by atoms with Gasteiger partial charge in [0.2, 0.25) is 0 Å². The molecule has 0 aliphatic carbocycles. The van der Waals surface area contributed by atoms with Gasteiger partial charge in [-0.05, 0) is 51.0 Å². The third kappa shape index (κ3) is 4.19. The van der Waals surface area contributed by atoms with E-state index in [1.165, 1.54) is 18.5 Å². The van der Waals surface area contributed by atoms with Gasteiger partial charge in [0.1, 0.15) is 27.8 Å². The fourth-order valence-electron chi connectivity index (χ4n) is 3.65. The van der Waals surface area contributed by atoms with Crippen molar-refractivity contribution in [2.75, 3.05) is 11.5 Å². The van der Waals surface area contributed by atoms with Crippen molar-refractivity contribution < 1.29 is 12.8 Å². The quantitative estimate of drug-likeness (QED) is 0.651. The molecule has 4 rings (SSSR count). The summed E-state index contributed by atoms with van der Waals surface area (Å²) in [6, 6.07) is 6.00. The lowest BCUT2D eigenvalue weighted by Crippen LogP contribution is -2.27. The van der Waals surface area contributed by atoms with Gasteiger partial charge in [-0.15, -0.1) is 0 Å². The Bertz CT molecular complexity index is 1110. The second kappa shape index (κ2) is 7.62. The van der Waals surface area contributed by atoms with E-state index in [9.17, 15) is 12.8 Å². The first-order valence-corrected chi connectivity index (χ1v) is 11.3. The summed E-state index contributed by atoms with van der Waals surface area (Å²) in [6.45, 7) is 3.86. The van der Waals surface area contributed by atoms with Gasteiger partial charge in [-0.1, -0.05) is 0 Å². The Morgan fingerprint density at radius 1 is 1.07 bits per heavy atom. The minimum atomic E-state index is -2.98. The largest absolute Gasteiger partial charge is 0.246 e. The van der Waals surface area contributed by atoms with Gasteiger partial charge in [0.05, 0.1) is 17.5 Å². The van der Waals surface area contributed by atoms with E-state index in [2.05, 4.69) is 15.1 Å². The molecule has 1 aliphatic rings. The SMILES string of the molecule is Cc1ncnc(C)c1Cc1nc(-c2ccc(F)cc2)nn1C1CCS(=O)(=O)CC1. The van der Waals surface area contributed by atoms with Gasteiger partial charge in [-0.25, -0.2) is 32.4 Å². The molecule has 0 atom stereocenters. The van der Waals surface area contributed by atoms with Crippen molar-refractivity contribution in [1.29, 1.82) is 0 Å². The van der Waals surface area contributed by atoms with E-state index >= 15 is 0 Å². The van der Waals surface area contributed by atoms with Crippen LogP contribution in [0.15, 0.2) is 30.6 Å². The van der Waals surface area contributed by atoms with Crippen molar-refractivity contribution in [2.45, 2.75) is 39.2 Å². The molecule has 1 aliphatic heterocycles. The smallest absolute Gasteiger partial charge is 0.181 e. The van der Waals surface area contributed by atoms with Crippen molar-refractivity contribution >= 4 is 9.84 Å². The maximum atomic E-state index is 13.3. The summed E-state index contributed by atoms with van der Waals surface area (Å²) in [4.78, 5) is 13.3. The van der Waals surface area contributed by atoms with Crippen LogP contribution in [0.25, 0.3) is 11.4 Å². The first-order chi connectivity index (χ1) is 13.8. The Morgan fingerprint density at radius 3 is 2.31 bits per heavy atom. The summed E-state index contributed by atoms with van der Waals surface area (Å²) in [7, 11) is -2.98. The van der Waals surface area contributed by atoms with Crippen LogP contribution in [0.5, 0.6) is 0 Å². The minimum Gasteiger partial charge on any atom is -0.246 e. The van der Waals surface area contributed by atoms with Crippen molar-refractivity contribution in [3.63, 3.8) is 0 Å². The number of benzene rings is 1. The van der Waals surface area contributed by atoms with Gasteiger partial charge < -0.3 is 0 Å². The number of rotatable bonds is 4. The Hall–Kier alpha value is -2.68. The summed E-state index contributed by atoms with van der Waals surface area (Å²) < 4.78 is 38.9. The lowest BCUT2D eigenvalue weighted by molar-refractivity contribution is 0.402. The molecule has 1 saturated heterocycles. The topological polar surface area (TPSA) is 90.6 Å². The molecule has 0 radical (unpaired) electrons. The van der Waals surface area contributed by atoms with Crippen LogP contribution in [0.3, 0.4) is 0 Å². The van der Waals surface area contributed by atoms with E-state index in [0.717, 1.165) is 22.8 Å². The normalized spacial score (nSPS) is 16.8. The summed E-state index contributed by atoms with van der Waals surface area (Å²) in [5.41, 5.74) is 3.45. The Morgan fingerprint density at radius 2 is 1.69 bits per heavy atom. The van der Waals surface area contributed by atoms with Crippen LogP contribution < -0.4 is 0 Å². The van der Waals surface area contributed by atoms with Gasteiger partial charge in [0.15, 0.2) is 5.82 Å². The van der Waals surface area contributed by atoms with Crippen LogP contribution in [-0.2, 0) is 16.3 Å². The molecule has 0 N–H and O–H groups in total. The molecule has 0 unspecified atom stereocenters. The zero-order valence-electron chi connectivity index (χ0n) is 16.3. The Kier molecular flexibility index (Phi) is 5.16. The highest BCUT2D eigenvalue weighted by Crippen LogP contribution is 2.28. The van der Waals surface area contributed by atoms with Gasteiger partial charge >= 0.3 is 0 Å². The summed E-state index contributed by atoms with van der Waals surface area (Å²) in [5.74, 6) is 1.21. The zero-order valence-corrected chi connectivity index (χ0v) is 17.2. The van der Waals surface area contributed by atoms with Crippen molar-refractivity contribution in [1.82, 2.24) is 24.7 Å². The zero-order chi connectivity index (χ0) is 20.6. The predicted octanol–water partition coefficient (Wildman–Crippen LogP) is 2.83. The van der Waals surface area contributed by atoms with Gasteiger partial charge in [0, 0.05) is 28.9 Å². The lowest BCUT2D eigenvalue weighted by atomic mass is 10.1. The highest BCUT2D eigenvalue weighted by molar-refractivity contribution is 7.91.